The molecule has 0 bridgehead atoms. The molecule has 5 nitrogen and oxygen atoms in total. The normalized spacial score (nSPS) is 13.3. The van der Waals surface area contributed by atoms with Crippen LogP contribution in [0.3, 0.4) is 0 Å². The van der Waals surface area contributed by atoms with E-state index in [1.807, 2.05) is 0 Å². The predicted molar refractivity (Wildman–Crippen MR) is 115 cm³/mol. The van der Waals surface area contributed by atoms with E-state index in [9.17, 15) is 27.6 Å². The first-order valence-corrected chi connectivity index (χ1v) is 10.4. The smallest absolute Gasteiger partial charge is 0.344 e. The minimum Gasteiger partial charge on any atom is -0.344 e. The average molecular weight is 469 g/mol. The lowest BCUT2D eigenvalue weighted by molar-refractivity contribution is -0.175. The number of carbonyl (C=O) groups is 3. The molecule has 9 heteroatoms. The van der Waals surface area contributed by atoms with E-state index in [1.165, 1.54) is 13.8 Å². The Morgan fingerprint density at radius 1 is 0.969 bits per heavy atom. The first kappa shape index (κ1) is 25.4. The number of hydrogen-bond donors (Lipinski definition) is 2. The van der Waals surface area contributed by atoms with E-state index in [0.29, 0.717) is 17.0 Å². The molecule has 0 spiro atoms. The van der Waals surface area contributed by atoms with Crippen LogP contribution < -0.4 is 10.6 Å². The summed E-state index contributed by atoms with van der Waals surface area (Å²) < 4.78 is 38.9. The number of alkyl halides is 3. The van der Waals surface area contributed by atoms with Gasteiger partial charge in [0.25, 0.3) is 5.78 Å². The van der Waals surface area contributed by atoms with Crippen LogP contribution >= 0.6 is 11.6 Å². The lowest BCUT2D eigenvalue weighted by Crippen LogP contribution is -2.52. The van der Waals surface area contributed by atoms with E-state index >= 15 is 0 Å². The SMILES string of the molecule is CC(C)[C@H](NC(=O)C(NC(=O)CCc1cccc(Cl)c1)c1ccccc1)C(=O)C(F)(F)F. The highest BCUT2D eigenvalue weighted by Crippen LogP contribution is 2.22. The van der Waals surface area contributed by atoms with Gasteiger partial charge in [-0.05, 0) is 35.6 Å². The molecule has 2 atom stereocenters. The topological polar surface area (TPSA) is 75.3 Å². The molecule has 2 N–H and O–H groups in total. The van der Waals surface area contributed by atoms with Gasteiger partial charge < -0.3 is 10.6 Å². The fourth-order valence-electron chi connectivity index (χ4n) is 3.08. The number of ketones is 1. The molecule has 2 amide bonds. The van der Waals surface area contributed by atoms with Crippen LogP contribution in [0.4, 0.5) is 13.2 Å². The van der Waals surface area contributed by atoms with Crippen molar-refractivity contribution in [2.24, 2.45) is 5.92 Å². The largest absolute Gasteiger partial charge is 0.452 e. The van der Waals surface area contributed by atoms with Gasteiger partial charge in [0.1, 0.15) is 6.04 Å². The van der Waals surface area contributed by atoms with Crippen molar-refractivity contribution >= 4 is 29.2 Å². The quantitative estimate of drug-likeness (QED) is 0.572. The molecule has 0 radical (unpaired) electrons. The van der Waals surface area contributed by atoms with Crippen LogP contribution in [-0.2, 0) is 20.8 Å². The van der Waals surface area contributed by atoms with Crippen molar-refractivity contribution in [3.63, 3.8) is 0 Å². The lowest BCUT2D eigenvalue weighted by atomic mass is 9.98. The Morgan fingerprint density at radius 3 is 2.19 bits per heavy atom. The Balaban J connectivity index is 2.16. The van der Waals surface area contributed by atoms with Crippen LogP contribution in [0.25, 0.3) is 0 Å². The van der Waals surface area contributed by atoms with Gasteiger partial charge in [0.2, 0.25) is 11.8 Å². The van der Waals surface area contributed by atoms with E-state index in [4.69, 9.17) is 11.6 Å². The van der Waals surface area contributed by atoms with Crippen LogP contribution in [0, 0.1) is 5.92 Å². The maximum Gasteiger partial charge on any atom is 0.452 e. The number of hydrogen-bond acceptors (Lipinski definition) is 3. The second-order valence-electron chi connectivity index (χ2n) is 7.63. The van der Waals surface area contributed by atoms with Gasteiger partial charge in [-0.25, -0.2) is 0 Å². The fraction of sp³-hybridized carbons (Fsp3) is 0.348. The molecule has 0 aliphatic carbocycles. The second kappa shape index (κ2) is 11.1. The Morgan fingerprint density at radius 2 is 1.62 bits per heavy atom. The summed E-state index contributed by atoms with van der Waals surface area (Å²) in [5, 5.41) is 5.26. The van der Waals surface area contributed by atoms with Gasteiger partial charge in [-0.3, -0.25) is 14.4 Å². The van der Waals surface area contributed by atoms with Gasteiger partial charge in [0.15, 0.2) is 0 Å². The number of halogens is 4. The van der Waals surface area contributed by atoms with Crippen molar-refractivity contribution < 1.29 is 27.6 Å². The van der Waals surface area contributed by atoms with Gasteiger partial charge in [-0.15, -0.1) is 0 Å². The van der Waals surface area contributed by atoms with Gasteiger partial charge in [-0.1, -0.05) is 67.9 Å². The molecule has 0 aromatic heterocycles. The Kier molecular flexibility index (Phi) is 8.83. The molecule has 2 aromatic carbocycles. The molecule has 32 heavy (non-hydrogen) atoms. The summed E-state index contributed by atoms with van der Waals surface area (Å²) in [5.74, 6) is -4.22. The predicted octanol–water partition coefficient (Wildman–Crippen LogP) is 4.40. The highest BCUT2D eigenvalue weighted by molar-refractivity contribution is 6.30. The highest BCUT2D eigenvalue weighted by Gasteiger charge is 2.45. The number of nitrogens with one attached hydrogen (secondary N) is 2. The van der Waals surface area contributed by atoms with Crippen LogP contribution in [0.1, 0.15) is 37.4 Å². The van der Waals surface area contributed by atoms with Crippen molar-refractivity contribution in [2.75, 3.05) is 0 Å². The van der Waals surface area contributed by atoms with Gasteiger partial charge in [0.05, 0.1) is 6.04 Å². The summed E-state index contributed by atoms with van der Waals surface area (Å²) >= 11 is 5.94. The molecule has 0 fully saturated rings. The maximum absolute atomic E-state index is 13.0. The van der Waals surface area contributed by atoms with Crippen molar-refractivity contribution in [3.8, 4) is 0 Å². The summed E-state index contributed by atoms with van der Waals surface area (Å²) in [4.78, 5) is 37.2. The van der Waals surface area contributed by atoms with Crippen LogP contribution in [0.5, 0.6) is 0 Å². The zero-order chi connectivity index (χ0) is 23.9. The Bertz CT molecular complexity index is 949. The molecule has 0 aliphatic heterocycles. The molecule has 2 aromatic rings. The minimum absolute atomic E-state index is 0.0338. The number of Topliss-reactive ketones (excluding diaryl/α,β-unsaturated/α-hetero) is 1. The average Bonchev–Trinajstić information content (AvgIpc) is 2.73. The van der Waals surface area contributed by atoms with Crippen LogP contribution in [0.15, 0.2) is 54.6 Å². The van der Waals surface area contributed by atoms with E-state index in [-0.39, 0.29) is 6.42 Å². The molecule has 0 aliphatic rings. The van der Waals surface area contributed by atoms with Crippen molar-refractivity contribution in [1.82, 2.24) is 10.6 Å². The summed E-state index contributed by atoms with van der Waals surface area (Å²) in [6.07, 6.45) is -4.70. The number of amides is 2. The van der Waals surface area contributed by atoms with Gasteiger partial charge >= 0.3 is 6.18 Å². The molecule has 2 rings (SSSR count). The Labute approximate surface area is 189 Å². The Hall–Kier alpha value is -2.87. The van der Waals surface area contributed by atoms with E-state index in [1.54, 1.807) is 54.6 Å². The van der Waals surface area contributed by atoms with E-state index in [2.05, 4.69) is 10.6 Å². The number of rotatable bonds is 9. The molecule has 172 valence electrons. The molecule has 0 heterocycles. The third-order valence-electron chi connectivity index (χ3n) is 4.76. The van der Waals surface area contributed by atoms with Crippen molar-refractivity contribution in [3.05, 3.63) is 70.7 Å². The monoisotopic (exact) mass is 468 g/mol. The summed E-state index contributed by atoms with van der Waals surface area (Å²) in [6.45, 7) is 2.80. The van der Waals surface area contributed by atoms with Crippen molar-refractivity contribution in [1.29, 1.82) is 0 Å². The van der Waals surface area contributed by atoms with Crippen LogP contribution in [-0.4, -0.2) is 29.8 Å². The zero-order valence-corrected chi connectivity index (χ0v) is 18.3. The number of benzene rings is 2. The molecule has 1 unspecified atom stereocenters. The van der Waals surface area contributed by atoms with E-state index in [0.717, 1.165) is 5.56 Å². The fourth-order valence-corrected chi connectivity index (χ4v) is 3.29. The number of aryl methyl sites for hydroxylation is 1. The number of carbonyl (C=O) groups excluding carboxylic acids is 3. The third kappa shape index (κ3) is 7.37. The molecular weight excluding hydrogens is 445 g/mol. The second-order valence-corrected chi connectivity index (χ2v) is 8.07. The molecule has 0 saturated carbocycles. The standard InChI is InChI=1S/C23H24ClF3N2O3/c1-14(2)19(21(31)23(25,26)27)29-22(32)20(16-8-4-3-5-9-16)28-18(30)12-11-15-7-6-10-17(24)13-15/h3-10,13-14,19-20H,11-12H2,1-2H3,(H,28,30)(H,29,32)/t19-,20?/m0/s1. The van der Waals surface area contributed by atoms with E-state index < -0.39 is 41.8 Å². The maximum atomic E-state index is 13.0. The van der Waals surface area contributed by atoms with Crippen LogP contribution in [0.2, 0.25) is 5.02 Å². The summed E-state index contributed by atoms with van der Waals surface area (Å²) in [6, 6.07) is 12.0. The first-order valence-electron chi connectivity index (χ1n) is 9.99. The summed E-state index contributed by atoms with van der Waals surface area (Å²) in [7, 11) is 0. The van der Waals surface area contributed by atoms with Crippen molar-refractivity contribution in [2.45, 2.75) is 44.9 Å². The van der Waals surface area contributed by atoms with Gasteiger partial charge in [-0.2, -0.15) is 13.2 Å². The molecular formula is C23H24ClF3N2O3. The first-order chi connectivity index (χ1) is 15.0. The summed E-state index contributed by atoms with van der Waals surface area (Å²) in [5.41, 5.74) is 1.20. The third-order valence-corrected chi connectivity index (χ3v) is 4.99. The zero-order valence-electron chi connectivity index (χ0n) is 17.6. The molecule has 0 saturated heterocycles. The lowest BCUT2D eigenvalue weighted by Gasteiger charge is -2.26. The minimum atomic E-state index is -5.09. The van der Waals surface area contributed by atoms with Gasteiger partial charge in [0, 0.05) is 11.4 Å². The highest BCUT2D eigenvalue weighted by atomic mass is 35.5.